The maximum atomic E-state index is 11.9. The van der Waals surface area contributed by atoms with Gasteiger partial charge >= 0.3 is 0 Å². The van der Waals surface area contributed by atoms with Gasteiger partial charge in [-0.05, 0) is 12.0 Å². The van der Waals surface area contributed by atoms with Gasteiger partial charge in [0.05, 0.1) is 0 Å². The summed E-state index contributed by atoms with van der Waals surface area (Å²) in [5, 5.41) is 0. The molecule has 0 saturated carbocycles. The minimum absolute atomic E-state index is 0.0135. The predicted molar refractivity (Wildman–Crippen MR) is 63.3 cm³/mol. The molecule has 0 atom stereocenters. The van der Waals surface area contributed by atoms with Crippen LogP contribution in [0.4, 0.5) is 0 Å². The van der Waals surface area contributed by atoms with E-state index in [4.69, 9.17) is 0 Å². The molecule has 2 nitrogen and oxygen atoms in total. The summed E-state index contributed by atoms with van der Waals surface area (Å²) in [5.74, 6) is 0.309. The number of Topliss-reactive ketones (excluding diaryl/α,β-unsaturated/α-hetero) is 1. The highest BCUT2D eigenvalue weighted by Crippen LogP contribution is 2.22. The number of hydrogen-bond donors (Lipinski definition) is 0. The Labute approximate surface area is 97.8 Å². The number of hydrogen-bond acceptors (Lipinski definition) is 2. The molecule has 0 saturated heterocycles. The number of halogens is 1. The number of carbonyl (C=O) groups is 2. The summed E-state index contributed by atoms with van der Waals surface area (Å²) in [6, 6.07) is 5.19. The monoisotopic (exact) mass is 268 g/mol. The van der Waals surface area contributed by atoms with Crippen molar-refractivity contribution in [1.29, 1.82) is 0 Å². The SMILES string of the molecule is CC(C)CC(=O)c1c(Br)cccc1C=O. The zero-order chi connectivity index (χ0) is 11.4. The Balaban J connectivity index is 3.11. The van der Waals surface area contributed by atoms with Crippen LogP contribution in [0.2, 0.25) is 0 Å². The smallest absolute Gasteiger partial charge is 0.164 e. The summed E-state index contributed by atoms with van der Waals surface area (Å²) in [4.78, 5) is 22.7. The maximum absolute atomic E-state index is 11.9. The third-order valence-electron chi connectivity index (χ3n) is 2.05. The number of aldehydes is 1. The Morgan fingerprint density at radius 2 is 2.13 bits per heavy atom. The van der Waals surface area contributed by atoms with Crippen LogP contribution in [0.5, 0.6) is 0 Å². The highest BCUT2D eigenvalue weighted by Gasteiger charge is 2.15. The highest BCUT2D eigenvalue weighted by molar-refractivity contribution is 9.10. The van der Waals surface area contributed by atoms with Crippen molar-refractivity contribution in [3.63, 3.8) is 0 Å². The number of benzene rings is 1. The molecule has 0 radical (unpaired) electrons. The first-order chi connectivity index (χ1) is 7.06. The molecule has 0 aliphatic rings. The van der Waals surface area contributed by atoms with E-state index in [1.54, 1.807) is 18.2 Å². The molecule has 0 heterocycles. The molecule has 0 N–H and O–H groups in total. The Kier molecular flexibility index (Phi) is 4.21. The first kappa shape index (κ1) is 12.1. The number of rotatable bonds is 4. The van der Waals surface area contributed by atoms with Crippen LogP contribution < -0.4 is 0 Å². The molecule has 0 aliphatic heterocycles. The molecule has 0 bridgehead atoms. The molecule has 0 unspecified atom stereocenters. The fourth-order valence-electron chi connectivity index (χ4n) is 1.41. The maximum Gasteiger partial charge on any atom is 0.164 e. The zero-order valence-electron chi connectivity index (χ0n) is 8.79. The van der Waals surface area contributed by atoms with Crippen LogP contribution in [-0.4, -0.2) is 12.1 Å². The van der Waals surface area contributed by atoms with E-state index in [0.29, 0.717) is 27.9 Å². The lowest BCUT2D eigenvalue weighted by molar-refractivity contribution is 0.0961. The van der Waals surface area contributed by atoms with Crippen LogP contribution in [0, 0.1) is 5.92 Å². The quantitative estimate of drug-likeness (QED) is 0.619. The molecular weight excluding hydrogens is 256 g/mol. The van der Waals surface area contributed by atoms with Crippen LogP contribution in [0.25, 0.3) is 0 Å². The first-order valence-corrected chi connectivity index (χ1v) is 5.62. The third-order valence-corrected chi connectivity index (χ3v) is 2.71. The zero-order valence-corrected chi connectivity index (χ0v) is 10.4. The van der Waals surface area contributed by atoms with Crippen molar-refractivity contribution in [2.45, 2.75) is 20.3 Å². The Hall–Kier alpha value is -0.960. The molecule has 3 heteroatoms. The average Bonchev–Trinajstić information content (AvgIpc) is 2.15. The number of carbonyl (C=O) groups excluding carboxylic acids is 2. The molecular formula is C12H13BrO2. The highest BCUT2D eigenvalue weighted by atomic mass is 79.9. The van der Waals surface area contributed by atoms with E-state index in [1.165, 1.54) is 0 Å². The van der Waals surface area contributed by atoms with Crippen molar-refractivity contribution in [3.05, 3.63) is 33.8 Å². The van der Waals surface area contributed by atoms with Gasteiger partial charge in [-0.3, -0.25) is 9.59 Å². The number of ketones is 1. The summed E-state index contributed by atoms with van der Waals surface area (Å²) >= 11 is 3.30. The van der Waals surface area contributed by atoms with Gasteiger partial charge in [0.25, 0.3) is 0 Å². The molecule has 0 aromatic heterocycles. The normalized spacial score (nSPS) is 10.4. The lowest BCUT2D eigenvalue weighted by Crippen LogP contribution is -2.07. The van der Waals surface area contributed by atoms with Crippen LogP contribution in [-0.2, 0) is 0 Å². The van der Waals surface area contributed by atoms with Crippen LogP contribution in [0.1, 0.15) is 41.0 Å². The molecule has 0 aliphatic carbocycles. The Bertz CT molecular complexity index is 383. The van der Waals surface area contributed by atoms with Gasteiger partial charge in [-0.15, -0.1) is 0 Å². The molecule has 0 amide bonds. The summed E-state index contributed by atoms with van der Waals surface area (Å²) in [6.07, 6.45) is 1.18. The lowest BCUT2D eigenvalue weighted by Gasteiger charge is -2.08. The molecule has 15 heavy (non-hydrogen) atoms. The van der Waals surface area contributed by atoms with Crippen molar-refractivity contribution in [3.8, 4) is 0 Å². The van der Waals surface area contributed by atoms with E-state index in [1.807, 2.05) is 13.8 Å². The van der Waals surface area contributed by atoms with Gasteiger partial charge in [-0.2, -0.15) is 0 Å². The minimum atomic E-state index is 0.0135. The average molecular weight is 269 g/mol. The van der Waals surface area contributed by atoms with E-state index in [2.05, 4.69) is 15.9 Å². The second-order valence-electron chi connectivity index (χ2n) is 3.84. The summed E-state index contributed by atoms with van der Waals surface area (Å²) < 4.78 is 0.692. The van der Waals surface area contributed by atoms with E-state index in [-0.39, 0.29) is 5.78 Å². The van der Waals surface area contributed by atoms with Crippen molar-refractivity contribution < 1.29 is 9.59 Å². The van der Waals surface area contributed by atoms with E-state index in [9.17, 15) is 9.59 Å². The summed E-state index contributed by atoms with van der Waals surface area (Å²) in [6.45, 7) is 3.96. The molecule has 1 aromatic carbocycles. The van der Waals surface area contributed by atoms with Gasteiger partial charge in [0.15, 0.2) is 12.1 Å². The fourth-order valence-corrected chi connectivity index (χ4v) is 2.01. The van der Waals surface area contributed by atoms with Gasteiger partial charge < -0.3 is 0 Å². The standard InChI is InChI=1S/C12H13BrO2/c1-8(2)6-11(15)12-9(7-14)4-3-5-10(12)13/h3-5,7-8H,6H2,1-2H3. The van der Waals surface area contributed by atoms with Crippen molar-refractivity contribution >= 4 is 28.0 Å². The molecule has 0 spiro atoms. The first-order valence-electron chi connectivity index (χ1n) is 4.83. The minimum Gasteiger partial charge on any atom is -0.298 e. The summed E-state index contributed by atoms with van der Waals surface area (Å²) in [5.41, 5.74) is 0.955. The van der Waals surface area contributed by atoms with Crippen molar-refractivity contribution in [2.24, 2.45) is 5.92 Å². The van der Waals surface area contributed by atoms with E-state index >= 15 is 0 Å². The third kappa shape index (κ3) is 2.99. The molecule has 1 rings (SSSR count). The fraction of sp³-hybridized carbons (Fsp3) is 0.333. The second-order valence-corrected chi connectivity index (χ2v) is 4.70. The van der Waals surface area contributed by atoms with E-state index in [0.717, 1.165) is 6.29 Å². The predicted octanol–water partition coefficient (Wildman–Crippen LogP) is 3.49. The summed E-state index contributed by atoms with van der Waals surface area (Å²) in [7, 11) is 0. The lowest BCUT2D eigenvalue weighted by atomic mass is 9.98. The topological polar surface area (TPSA) is 34.1 Å². The van der Waals surface area contributed by atoms with Crippen molar-refractivity contribution in [1.82, 2.24) is 0 Å². The van der Waals surface area contributed by atoms with Crippen molar-refractivity contribution in [2.75, 3.05) is 0 Å². The van der Waals surface area contributed by atoms with Gasteiger partial charge in [0.1, 0.15) is 0 Å². The second kappa shape index (κ2) is 5.21. The van der Waals surface area contributed by atoms with Gasteiger partial charge in [0.2, 0.25) is 0 Å². The van der Waals surface area contributed by atoms with Gasteiger partial charge in [-0.1, -0.05) is 41.9 Å². The van der Waals surface area contributed by atoms with Gasteiger partial charge in [0, 0.05) is 22.0 Å². The molecule has 0 fully saturated rings. The molecule has 1 aromatic rings. The largest absolute Gasteiger partial charge is 0.298 e. The Morgan fingerprint density at radius 3 is 2.67 bits per heavy atom. The van der Waals surface area contributed by atoms with Gasteiger partial charge in [-0.25, -0.2) is 0 Å². The van der Waals surface area contributed by atoms with Crippen LogP contribution in [0.3, 0.4) is 0 Å². The van der Waals surface area contributed by atoms with E-state index < -0.39 is 0 Å². The molecule has 80 valence electrons. The van der Waals surface area contributed by atoms with Crippen LogP contribution in [0.15, 0.2) is 22.7 Å². The Morgan fingerprint density at radius 1 is 1.47 bits per heavy atom. The van der Waals surface area contributed by atoms with Crippen LogP contribution >= 0.6 is 15.9 Å².